The van der Waals surface area contributed by atoms with E-state index >= 15 is 0 Å². The van der Waals surface area contributed by atoms with Gasteiger partial charge in [-0.25, -0.2) is 4.79 Å². The molecule has 0 aromatic rings. The van der Waals surface area contributed by atoms with Gasteiger partial charge < -0.3 is 20.1 Å². The van der Waals surface area contributed by atoms with Crippen molar-refractivity contribution in [1.82, 2.24) is 0 Å². The van der Waals surface area contributed by atoms with E-state index in [0.717, 1.165) is 12.0 Å². The Morgan fingerprint density at radius 1 is 0.974 bits per heavy atom. The fourth-order valence-electron chi connectivity index (χ4n) is 8.38. The van der Waals surface area contributed by atoms with Crippen LogP contribution in [-0.4, -0.2) is 44.9 Å². The summed E-state index contributed by atoms with van der Waals surface area (Å²) >= 11 is 0. The van der Waals surface area contributed by atoms with E-state index in [0.29, 0.717) is 18.4 Å². The second-order valence-electron chi connectivity index (χ2n) is 13.0. The monoisotopic (exact) mass is 522 g/mol. The molecule has 38 heavy (non-hydrogen) atoms. The van der Waals surface area contributed by atoms with Crippen LogP contribution in [0.1, 0.15) is 60.8 Å². The van der Waals surface area contributed by atoms with Crippen molar-refractivity contribution < 1.29 is 29.6 Å². The molecule has 206 valence electrons. The van der Waals surface area contributed by atoms with Crippen LogP contribution >= 0.6 is 0 Å². The van der Waals surface area contributed by atoms with Gasteiger partial charge in [0.2, 0.25) is 5.78 Å². The first-order valence-electron chi connectivity index (χ1n) is 14.1. The maximum Gasteiger partial charge on any atom is 0.346 e. The van der Waals surface area contributed by atoms with E-state index in [1.807, 2.05) is 65.0 Å². The van der Waals surface area contributed by atoms with Gasteiger partial charge in [-0.3, -0.25) is 4.79 Å². The lowest BCUT2D eigenvalue weighted by molar-refractivity contribution is -0.155. The first-order valence-corrected chi connectivity index (χ1v) is 14.1. The lowest BCUT2D eigenvalue weighted by Gasteiger charge is -2.55. The summed E-state index contributed by atoms with van der Waals surface area (Å²) in [6, 6.07) is 0. The van der Waals surface area contributed by atoms with E-state index in [9.17, 15) is 24.9 Å². The van der Waals surface area contributed by atoms with Crippen LogP contribution < -0.4 is 0 Å². The van der Waals surface area contributed by atoms with Crippen LogP contribution in [0.3, 0.4) is 0 Å². The summed E-state index contributed by atoms with van der Waals surface area (Å²) < 4.78 is 5.98. The van der Waals surface area contributed by atoms with Gasteiger partial charge in [-0.05, 0) is 55.9 Å². The van der Waals surface area contributed by atoms with Crippen molar-refractivity contribution in [2.45, 2.75) is 78.6 Å². The zero-order chi connectivity index (χ0) is 27.7. The topological polar surface area (TPSA) is 104 Å². The average Bonchev–Trinajstić information content (AvgIpc) is 3.10. The Bertz CT molecular complexity index is 1190. The first kappa shape index (κ1) is 27.1. The minimum absolute atomic E-state index is 0.00282. The SMILES string of the molecule is CC1=CC2C=CC(C)CC23OC(=O)C(=C(O)C2(C)C(C=CC4C(O)C(C)CC(C)C42)C(C)=CCC1O)C3=O. The third-order valence-electron chi connectivity index (χ3n) is 10.4. The summed E-state index contributed by atoms with van der Waals surface area (Å²) in [7, 11) is 0. The van der Waals surface area contributed by atoms with Gasteiger partial charge in [0, 0.05) is 29.6 Å². The highest BCUT2D eigenvalue weighted by atomic mass is 16.6. The Kier molecular flexibility index (Phi) is 6.67. The predicted octanol–water partition coefficient (Wildman–Crippen LogP) is 4.99. The second-order valence-corrected chi connectivity index (χ2v) is 13.0. The molecule has 2 fully saturated rings. The Hall–Kier alpha value is -2.44. The van der Waals surface area contributed by atoms with E-state index in [2.05, 4.69) is 13.0 Å². The molecular weight excluding hydrogens is 480 g/mol. The molecule has 11 atom stereocenters. The van der Waals surface area contributed by atoms with Crippen molar-refractivity contribution in [3.05, 3.63) is 58.9 Å². The number of fused-ring (bicyclic) bond motifs is 4. The zero-order valence-electron chi connectivity index (χ0n) is 23.3. The Morgan fingerprint density at radius 2 is 1.68 bits per heavy atom. The molecule has 4 aliphatic carbocycles. The number of rotatable bonds is 0. The third-order valence-corrected chi connectivity index (χ3v) is 10.4. The van der Waals surface area contributed by atoms with Crippen LogP contribution in [0.5, 0.6) is 0 Å². The molecule has 2 bridgehead atoms. The summed E-state index contributed by atoms with van der Waals surface area (Å²) in [5.74, 6) is -2.55. The third kappa shape index (κ3) is 3.82. The van der Waals surface area contributed by atoms with Crippen molar-refractivity contribution in [2.75, 3.05) is 0 Å². The standard InChI is InChI=1S/C32H42O6/c1-16-7-9-21-14-18(3)24(33)12-8-17(2)23-11-10-22-26(19(4)13-20(5)27(22)34)31(23,6)28(35)25-29(36)32(21,15-16)38-30(25)37/h7-11,14,16,19-24,26-27,33-35H,12-13,15H2,1-6H3. The summed E-state index contributed by atoms with van der Waals surface area (Å²) in [5.41, 5.74) is -1.07. The highest BCUT2D eigenvalue weighted by molar-refractivity contribution is 6.26. The van der Waals surface area contributed by atoms with Crippen molar-refractivity contribution in [3.8, 4) is 0 Å². The zero-order valence-corrected chi connectivity index (χ0v) is 23.3. The van der Waals surface area contributed by atoms with E-state index in [1.165, 1.54) is 0 Å². The first-order chi connectivity index (χ1) is 17.8. The van der Waals surface area contributed by atoms with Crippen LogP contribution in [0.4, 0.5) is 0 Å². The van der Waals surface area contributed by atoms with Gasteiger partial charge in [0.15, 0.2) is 5.60 Å². The molecule has 0 aromatic carbocycles. The van der Waals surface area contributed by atoms with Crippen LogP contribution in [0.15, 0.2) is 58.9 Å². The quantitative estimate of drug-likeness (QED) is 0.235. The summed E-state index contributed by atoms with van der Waals surface area (Å²) in [4.78, 5) is 27.9. The molecule has 1 spiro atoms. The molecule has 6 heteroatoms. The Balaban J connectivity index is 1.78. The molecule has 6 nitrogen and oxygen atoms in total. The predicted molar refractivity (Wildman–Crippen MR) is 145 cm³/mol. The maximum atomic E-state index is 14.3. The number of hydrogen-bond acceptors (Lipinski definition) is 6. The lowest BCUT2D eigenvalue weighted by Crippen LogP contribution is -2.54. The van der Waals surface area contributed by atoms with Crippen LogP contribution in [-0.2, 0) is 14.3 Å². The average molecular weight is 523 g/mol. The Morgan fingerprint density at radius 3 is 2.39 bits per heavy atom. The number of carbonyl (C=O) groups excluding carboxylic acids is 2. The van der Waals surface area contributed by atoms with Crippen LogP contribution in [0.2, 0.25) is 0 Å². The van der Waals surface area contributed by atoms with Gasteiger partial charge in [0.05, 0.1) is 12.2 Å². The van der Waals surface area contributed by atoms with Crippen molar-refractivity contribution in [3.63, 3.8) is 0 Å². The number of aliphatic hydroxyl groups is 3. The molecule has 1 aliphatic heterocycles. The second kappa shape index (κ2) is 9.34. The van der Waals surface area contributed by atoms with Crippen LogP contribution in [0.25, 0.3) is 0 Å². The number of esters is 1. The van der Waals surface area contributed by atoms with E-state index < -0.39 is 40.9 Å². The lowest BCUT2D eigenvalue weighted by atomic mass is 9.49. The van der Waals surface area contributed by atoms with Gasteiger partial charge >= 0.3 is 5.97 Å². The molecule has 11 unspecified atom stereocenters. The number of Topliss-reactive ketones (excluding diaryl/α,β-unsaturated/α-hetero) is 1. The van der Waals surface area contributed by atoms with E-state index in [4.69, 9.17) is 4.74 Å². The van der Waals surface area contributed by atoms with Crippen molar-refractivity contribution in [2.24, 2.45) is 46.8 Å². The number of aliphatic hydroxyl groups excluding tert-OH is 3. The maximum absolute atomic E-state index is 14.3. The van der Waals surface area contributed by atoms with Crippen molar-refractivity contribution >= 4 is 11.8 Å². The number of carbonyl (C=O) groups is 2. The number of allylic oxidation sites excluding steroid dienone is 4. The molecule has 1 saturated carbocycles. The van der Waals surface area contributed by atoms with Crippen molar-refractivity contribution in [1.29, 1.82) is 0 Å². The van der Waals surface area contributed by atoms with Gasteiger partial charge in [-0.15, -0.1) is 0 Å². The van der Waals surface area contributed by atoms with Gasteiger partial charge in [0.25, 0.3) is 0 Å². The van der Waals surface area contributed by atoms with E-state index in [1.54, 1.807) is 0 Å². The molecule has 0 radical (unpaired) electrons. The molecule has 3 N–H and O–H groups in total. The molecule has 5 rings (SSSR count). The number of hydrogen-bond donors (Lipinski definition) is 3. The minimum Gasteiger partial charge on any atom is -0.511 e. The smallest absolute Gasteiger partial charge is 0.346 e. The van der Waals surface area contributed by atoms with Gasteiger partial charge in [-0.2, -0.15) is 0 Å². The number of ketones is 1. The molecule has 1 saturated heterocycles. The molecule has 0 aromatic heterocycles. The summed E-state index contributed by atoms with van der Waals surface area (Å²) in [6.07, 6.45) is 12.0. The molecule has 5 aliphatic rings. The Labute approximate surface area is 225 Å². The highest BCUT2D eigenvalue weighted by Crippen LogP contribution is 2.60. The van der Waals surface area contributed by atoms with E-state index in [-0.39, 0.29) is 46.8 Å². The minimum atomic E-state index is -1.45. The van der Waals surface area contributed by atoms with Crippen LogP contribution in [0, 0.1) is 46.8 Å². The molecule has 1 heterocycles. The highest BCUT2D eigenvalue weighted by Gasteiger charge is 2.62. The fourth-order valence-corrected chi connectivity index (χ4v) is 8.38. The summed E-state index contributed by atoms with van der Waals surface area (Å²) in [6.45, 7) is 11.9. The summed E-state index contributed by atoms with van der Waals surface area (Å²) in [5, 5.41) is 34.4. The molecular formula is C32H42O6. The van der Waals surface area contributed by atoms with Gasteiger partial charge in [0.1, 0.15) is 11.3 Å². The molecule has 0 amide bonds. The van der Waals surface area contributed by atoms with Gasteiger partial charge in [-0.1, -0.05) is 69.7 Å². The normalized spacial score (nSPS) is 47.0. The fraction of sp³-hybridized carbons (Fsp3) is 0.625. The largest absolute Gasteiger partial charge is 0.511 e. The number of ether oxygens (including phenoxy) is 1.